The quantitative estimate of drug-likeness (QED) is 0.545. The van der Waals surface area contributed by atoms with E-state index in [0.717, 1.165) is 0 Å². The average Bonchev–Trinajstić information content (AvgIpc) is 2.25. The van der Waals surface area contributed by atoms with Crippen molar-refractivity contribution in [2.75, 3.05) is 20.7 Å². The maximum atomic E-state index is 11.8. The fourth-order valence-electron chi connectivity index (χ4n) is 1.07. The Kier molecular flexibility index (Phi) is 4.60. The van der Waals surface area contributed by atoms with Gasteiger partial charge in [0.05, 0.1) is 0 Å². The monoisotopic (exact) mass is 255 g/mol. The van der Waals surface area contributed by atoms with Crippen LogP contribution in [0.15, 0.2) is 23.4 Å². The maximum absolute atomic E-state index is 11.8. The van der Waals surface area contributed by atoms with Gasteiger partial charge in [-0.05, 0) is 6.07 Å². The van der Waals surface area contributed by atoms with Crippen molar-refractivity contribution in [3.05, 3.63) is 24.0 Å². The predicted molar refractivity (Wildman–Crippen MR) is 62.2 cm³/mol. The van der Waals surface area contributed by atoms with Gasteiger partial charge in [0.25, 0.3) is 10.0 Å². The fraction of sp³-hybridized carbons (Fsp3) is 0.300. The van der Waals surface area contributed by atoms with Crippen LogP contribution in [0.5, 0.6) is 0 Å². The maximum Gasteiger partial charge on any atom is 0.255 e. The van der Waals surface area contributed by atoms with Gasteiger partial charge >= 0.3 is 0 Å². The number of rotatable bonds is 3. The molecule has 6 nitrogen and oxygen atoms in total. The number of aliphatic hydroxyl groups excluding tert-OH is 1. The lowest BCUT2D eigenvalue weighted by molar-refractivity contribution is 0.350. The number of nitrogens with zero attached hydrogens (tertiary/aromatic N) is 2. The fourth-order valence-corrected chi connectivity index (χ4v) is 2.14. The summed E-state index contributed by atoms with van der Waals surface area (Å²) in [5.74, 6) is 5.02. The molecule has 0 aromatic carbocycles. The molecule has 1 aromatic heterocycles. The molecule has 0 radical (unpaired) electrons. The smallest absolute Gasteiger partial charge is 0.255 e. The molecule has 0 aliphatic heterocycles. The van der Waals surface area contributed by atoms with E-state index >= 15 is 0 Å². The molecule has 1 rings (SSSR count). The minimum Gasteiger partial charge on any atom is -0.384 e. The van der Waals surface area contributed by atoms with Crippen LogP contribution in [-0.4, -0.2) is 44.2 Å². The minimum atomic E-state index is -3.62. The third-order valence-electron chi connectivity index (χ3n) is 1.64. The summed E-state index contributed by atoms with van der Waals surface area (Å²) in [6.45, 7) is -0.285. The van der Waals surface area contributed by atoms with Crippen molar-refractivity contribution in [3.8, 4) is 11.8 Å². The molecule has 0 aliphatic rings. The minimum absolute atomic E-state index is 0.0240. The van der Waals surface area contributed by atoms with Gasteiger partial charge in [0, 0.05) is 32.1 Å². The molecule has 1 aromatic rings. The van der Waals surface area contributed by atoms with Crippen LogP contribution in [0.4, 0.5) is 0 Å². The summed E-state index contributed by atoms with van der Waals surface area (Å²) in [7, 11) is -0.484. The number of nitrogens with one attached hydrogen (secondary N) is 1. The molecule has 17 heavy (non-hydrogen) atoms. The van der Waals surface area contributed by atoms with Crippen LogP contribution in [0.25, 0.3) is 0 Å². The second kappa shape index (κ2) is 5.75. The molecule has 0 saturated heterocycles. The molecule has 1 heterocycles. The van der Waals surface area contributed by atoms with Crippen LogP contribution in [-0.2, 0) is 10.0 Å². The summed E-state index contributed by atoms with van der Waals surface area (Å²) >= 11 is 0. The summed E-state index contributed by atoms with van der Waals surface area (Å²) in [4.78, 5) is 6.10. The zero-order valence-electron chi connectivity index (χ0n) is 9.51. The third kappa shape index (κ3) is 4.13. The van der Waals surface area contributed by atoms with Crippen molar-refractivity contribution >= 4 is 10.0 Å². The summed E-state index contributed by atoms with van der Waals surface area (Å²) in [5, 5.41) is 9.87. The Bertz CT molecular complexity index is 543. The molecule has 0 bridgehead atoms. The zero-order valence-corrected chi connectivity index (χ0v) is 10.3. The summed E-state index contributed by atoms with van der Waals surface area (Å²) < 4.78 is 23.6. The van der Waals surface area contributed by atoms with E-state index in [1.807, 2.05) is 0 Å². The Morgan fingerprint density at radius 3 is 2.76 bits per heavy atom. The Labute approximate surface area is 100 Å². The van der Waals surface area contributed by atoms with Crippen molar-refractivity contribution in [1.29, 1.82) is 0 Å². The highest BCUT2D eigenvalue weighted by Crippen LogP contribution is 2.08. The number of aliphatic hydroxyl groups is 1. The van der Waals surface area contributed by atoms with Gasteiger partial charge in [0.2, 0.25) is 0 Å². The molecule has 0 spiro atoms. The lowest BCUT2D eigenvalue weighted by Crippen LogP contribution is -2.36. The van der Waals surface area contributed by atoms with Crippen molar-refractivity contribution in [3.63, 3.8) is 0 Å². The Balaban J connectivity index is 3.07. The lowest BCUT2D eigenvalue weighted by Gasteiger charge is -2.12. The van der Waals surface area contributed by atoms with E-state index in [4.69, 9.17) is 5.11 Å². The molecule has 0 fully saturated rings. The number of hydrogen-bond donors (Lipinski definition) is 2. The number of hydrazine groups is 1. The predicted octanol–water partition coefficient (Wildman–Crippen LogP) is -0.820. The van der Waals surface area contributed by atoms with Crippen LogP contribution in [0.2, 0.25) is 0 Å². The third-order valence-corrected chi connectivity index (χ3v) is 3.09. The Hall–Kier alpha value is -1.46. The topological polar surface area (TPSA) is 82.5 Å². The van der Waals surface area contributed by atoms with Crippen molar-refractivity contribution < 1.29 is 13.5 Å². The molecular weight excluding hydrogens is 242 g/mol. The van der Waals surface area contributed by atoms with Crippen molar-refractivity contribution in [2.45, 2.75) is 4.90 Å². The first kappa shape index (κ1) is 13.6. The van der Waals surface area contributed by atoms with Crippen LogP contribution < -0.4 is 4.83 Å². The number of aromatic nitrogens is 1. The van der Waals surface area contributed by atoms with Crippen LogP contribution in [0.3, 0.4) is 0 Å². The largest absolute Gasteiger partial charge is 0.384 e. The van der Waals surface area contributed by atoms with Gasteiger partial charge in [-0.1, -0.05) is 11.8 Å². The van der Waals surface area contributed by atoms with E-state index in [1.165, 1.54) is 23.5 Å². The van der Waals surface area contributed by atoms with Gasteiger partial charge in [-0.25, -0.2) is 13.4 Å². The van der Waals surface area contributed by atoms with Crippen LogP contribution in [0, 0.1) is 11.8 Å². The first-order valence-electron chi connectivity index (χ1n) is 4.70. The summed E-state index contributed by atoms with van der Waals surface area (Å²) in [6.07, 6.45) is 2.66. The molecule has 0 unspecified atom stereocenters. The molecule has 0 aliphatic carbocycles. The standard InChI is InChI=1S/C10H13N3O3S/c1-13(2)12-17(15,16)10-6-9(4-3-5-14)7-11-8-10/h6-8,12,14H,5H2,1-2H3. The van der Waals surface area contributed by atoms with Gasteiger partial charge in [0.15, 0.2) is 0 Å². The molecule has 7 heteroatoms. The second-order valence-corrected chi connectivity index (χ2v) is 5.02. The highest BCUT2D eigenvalue weighted by Gasteiger charge is 2.15. The molecule has 92 valence electrons. The number of pyridine rings is 1. The van der Waals surface area contributed by atoms with E-state index < -0.39 is 10.0 Å². The van der Waals surface area contributed by atoms with Crippen molar-refractivity contribution in [2.24, 2.45) is 0 Å². The summed E-state index contributed by atoms with van der Waals surface area (Å²) in [6, 6.07) is 1.39. The average molecular weight is 255 g/mol. The van der Waals surface area contributed by atoms with Gasteiger partial charge in [-0.3, -0.25) is 4.98 Å². The normalized spacial score (nSPS) is 11.1. The van der Waals surface area contributed by atoms with Crippen molar-refractivity contribution in [1.82, 2.24) is 14.8 Å². The highest BCUT2D eigenvalue weighted by atomic mass is 32.2. The molecule has 0 saturated carbocycles. The van der Waals surface area contributed by atoms with Gasteiger partial charge in [-0.2, -0.15) is 0 Å². The number of sulfonamides is 1. The Morgan fingerprint density at radius 1 is 1.47 bits per heavy atom. The lowest BCUT2D eigenvalue weighted by atomic mass is 10.3. The highest BCUT2D eigenvalue weighted by molar-refractivity contribution is 7.89. The Morgan fingerprint density at radius 2 is 2.18 bits per heavy atom. The first-order valence-corrected chi connectivity index (χ1v) is 6.18. The molecule has 0 atom stereocenters. The van der Waals surface area contributed by atoms with Gasteiger partial charge in [0.1, 0.15) is 11.5 Å². The first-order chi connectivity index (χ1) is 7.95. The van der Waals surface area contributed by atoms with E-state index in [-0.39, 0.29) is 11.5 Å². The number of hydrogen-bond acceptors (Lipinski definition) is 5. The van der Waals surface area contributed by atoms with E-state index in [1.54, 1.807) is 14.1 Å². The molecule has 0 amide bonds. The van der Waals surface area contributed by atoms with Gasteiger partial charge < -0.3 is 5.11 Å². The molecule has 2 N–H and O–H groups in total. The second-order valence-electron chi connectivity index (χ2n) is 3.36. The molecular formula is C10H13N3O3S. The summed E-state index contributed by atoms with van der Waals surface area (Å²) in [5.41, 5.74) is 0.431. The van der Waals surface area contributed by atoms with Crippen LogP contribution in [0.1, 0.15) is 5.56 Å². The van der Waals surface area contributed by atoms with E-state index in [9.17, 15) is 8.42 Å². The van der Waals surface area contributed by atoms with E-state index in [0.29, 0.717) is 5.56 Å². The van der Waals surface area contributed by atoms with Gasteiger partial charge in [-0.15, -0.1) is 4.83 Å². The van der Waals surface area contributed by atoms with Crippen LogP contribution >= 0.6 is 0 Å². The van der Waals surface area contributed by atoms with E-state index in [2.05, 4.69) is 21.7 Å². The zero-order chi connectivity index (χ0) is 12.9. The SMILES string of the molecule is CN(C)NS(=O)(=O)c1cncc(C#CCO)c1.